The molecule has 2 aromatic rings. The van der Waals surface area contributed by atoms with Gasteiger partial charge in [-0.15, -0.1) is 5.92 Å². The lowest BCUT2D eigenvalue weighted by molar-refractivity contribution is -0.121. The van der Waals surface area contributed by atoms with Gasteiger partial charge in [-0.2, -0.15) is 13.2 Å². The van der Waals surface area contributed by atoms with Crippen LogP contribution in [0.4, 0.5) is 23.7 Å². The van der Waals surface area contributed by atoms with Crippen LogP contribution in [0.15, 0.2) is 59.5 Å². The number of ether oxygens (including phenoxy) is 1. The zero-order valence-corrected chi connectivity index (χ0v) is 20.2. The zero-order valence-electron chi connectivity index (χ0n) is 19.4. The summed E-state index contributed by atoms with van der Waals surface area (Å²) in [5.41, 5.74) is 1.45. The van der Waals surface area contributed by atoms with Crippen LogP contribution in [0.1, 0.15) is 25.8 Å². The quantitative estimate of drug-likeness (QED) is 0.445. The molecule has 0 aromatic heterocycles. The van der Waals surface area contributed by atoms with E-state index in [1.807, 2.05) is 42.2 Å². The first-order valence-electron chi connectivity index (χ1n) is 10.9. The van der Waals surface area contributed by atoms with Crippen molar-refractivity contribution in [3.8, 4) is 11.8 Å². The Morgan fingerprint density at radius 3 is 2.34 bits per heavy atom. The zero-order chi connectivity index (χ0) is 25.9. The fourth-order valence-electron chi connectivity index (χ4n) is 3.14. The van der Waals surface area contributed by atoms with Crippen molar-refractivity contribution in [3.63, 3.8) is 0 Å². The van der Waals surface area contributed by atoms with Gasteiger partial charge in [0.15, 0.2) is 0 Å². The molecule has 190 valence electrons. The van der Waals surface area contributed by atoms with Gasteiger partial charge in [0, 0.05) is 12.2 Å². The summed E-state index contributed by atoms with van der Waals surface area (Å²) in [4.78, 5) is 13.8. The number of hydrogen-bond acceptors (Lipinski definition) is 5. The topological polar surface area (TPSA) is 87.7 Å². The maximum atomic E-state index is 12.4. The van der Waals surface area contributed by atoms with Crippen LogP contribution in [0.2, 0.25) is 0 Å². The highest BCUT2D eigenvalue weighted by atomic mass is 32.2. The minimum atomic E-state index is -4.66. The smallest absolute Gasteiger partial charge is 0.407 e. The molecule has 0 saturated heterocycles. The van der Waals surface area contributed by atoms with Gasteiger partial charge in [0.2, 0.25) is 10.0 Å². The van der Waals surface area contributed by atoms with E-state index in [0.717, 1.165) is 12.0 Å². The molecular formula is C24H28F3N3O4S. The monoisotopic (exact) mass is 511 g/mol. The molecule has 2 rings (SSSR count). The summed E-state index contributed by atoms with van der Waals surface area (Å²) in [5, 5.41) is 2.70. The molecule has 1 unspecified atom stereocenters. The summed E-state index contributed by atoms with van der Waals surface area (Å²) in [7, 11) is -4.32. The lowest BCUT2D eigenvalue weighted by Gasteiger charge is -2.30. The molecule has 0 radical (unpaired) electrons. The second-order valence-electron chi connectivity index (χ2n) is 7.48. The highest BCUT2D eigenvalue weighted by Crippen LogP contribution is 2.21. The average Bonchev–Trinajstić information content (AvgIpc) is 2.83. The van der Waals surface area contributed by atoms with Crippen molar-refractivity contribution in [1.82, 2.24) is 10.0 Å². The summed E-state index contributed by atoms with van der Waals surface area (Å²) in [6.07, 6.45) is -4.54. The van der Waals surface area contributed by atoms with Gasteiger partial charge in [-0.1, -0.05) is 43.2 Å². The number of sulfonamides is 1. The van der Waals surface area contributed by atoms with Crippen molar-refractivity contribution in [3.05, 3.63) is 60.2 Å². The fourth-order valence-corrected chi connectivity index (χ4v) is 4.16. The number of carbonyl (C=O) groups excluding carboxylic acids is 1. The number of anilines is 1. The van der Waals surface area contributed by atoms with Gasteiger partial charge in [0.1, 0.15) is 19.2 Å². The second kappa shape index (κ2) is 13.0. The van der Waals surface area contributed by atoms with Crippen LogP contribution in [-0.4, -0.2) is 46.4 Å². The maximum Gasteiger partial charge on any atom is 0.407 e. The lowest BCUT2D eigenvalue weighted by atomic mass is 10.2. The first-order valence-corrected chi connectivity index (χ1v) is 12.3. The number of hydrogen-bond donors (Lipinski definition) is 2. The highest BCUT2D eigenvalue weighted by molar-refractivity contribution is 7.89. The maximum absolute atomic E-state index is 12.4. The van der Waals surface area contributed by atoms with E-state index in [1.165, 1.54) is 29.0 Å². The van der Waals surface area contributed by atoms with Crippen LogP contribution < -0.4 is 14.9 Å². The third-order valence-corrected chi connectivity index (χ3v) is 6.16. The predicted molar refractivity (Wildman–Crippen MR) is 127 cm³/mol. The summed E-state index contributed by atoms with van der Waals surface area (Å²) in [6, 6.07) is 14.2. The number of halogens is 3. The number of nitrogens with zero attached hydrogens (tertiary/aromatic N) is 1. The Kier molecular flexibility index (Phi) is 10.4. The standard InChI is InChI=1S/C24H28F3N3O4S/c1-3-8-21(16-28-23(31)34-17-19-9-6-5-7-10-19)30(15-4-2)20-11-13-22(14-12-20)35(32,33)29-18-24(25,26)27/h5-7,9-14,21,29H,4,15-18H2,1-2H3,(H,28,31). The molecule has 0 heterocycles. The molecule has 0 spiro atoms. The number of alkyl halides is 3. The molecule has 0 bridgehead atoms. The molecule has 35 heavy (non-hydrogen) atoms. The Balaban J connectivity index is 2.09. The highest BCUT2D eigenvalue weighted by Gasteiger charge is 2.30. The van der Waals surface area contributed by atoms with Crippen LogP contribution >= 0.6 is 0 Å². The van der Waals surface area contributed by atoms with E-state index in [0.29, 0.717) is 12.2 Å². The van der Waals surface area contributed by atoms with Gasteiger partial charge < -0.3 is 15.0 Å². The van der Waals surface area contributed by atoms with Gasteiger partial charge >= 0.3 is 12.3 Å². The predicted octanol–water partition coefficient (Wildman–Crippen LogP) is 4.06. The Morgan fingerprint density at radius 2 is 1.77 bits per heavy atom. The number of amides is 1. The molecule has 0 fully saturated rings. The molecule has 0 aliphatic carbocycles. The summed E-state index contributed by atoms with van der Waals surface area (Å²) < 4.78 is 68.3. The molecule has 2 N–H and O–H groups in total. The number of rotatable bonds is 11. The molecule has 0 aliphatic rings. The van der Waals surface area contributed by atoms with E-state index in [9.17, 15) is 26.4 Å². The van der Waals surface area contributed by atoms with Crippen molar-refractivity contribution in [2.24, 2.45) is 0 Å². The van der Waals surface area contributed by atoms with E-state index in [2.05, 4.69) is 17.2 Å². The second-order valence-corrected chi connectivity index (χ2v) is 9.25. The van der Waals surface area contributed by atoms with Gasteiger partial charge in [0.05, 0.1) is 11.4 Å². The van der Waals surface area contributed by atoms with Crippen molar-refractivity contribution in [2.75, 3.05) is 24.5 Å². The van der Waals surface area contributed by atoms with Gasteiger partial charge in [-0.05, 0) is 43.2 Å². The molecule has 1 atom stereocenters. The normalized spacial score (nSPS) is 12.3. The molecular weight excluding hydrogens is 483 g/mol. The molecule has 0 aliphatic heterocycles. The molecule has 11 heteroatoms. The lowest BCUT2D eigenvalue weighted by Crippen LogP contribution is -2.44. The molecule has 1 amide bonds. The van der Waals surface area contributed by atoms with Crippen LogP contribution in [-0.2, 0) is 21.4 Å². The van der Waals surface area contributed by atoms with Gasteiger partial charge in [0.25, 0.3) is 0 Å². The van der Waals surface area contributed by atoms with E-state index in [-0.39, 0.29) is 18.0 Å². The van der Waals surface area contributed by atoms with Crippen molar-refractivity contribution in [1.29, 1.82) is 0 Å². The molecule has 7 nitrogen and oxygen atoms in total. The summed E-state index contributed by atoms with van der Waals surface area (Å²) in [6.45, 7) is 2.75. The summed E-state index contributed by atoms with van der Waals surface area (Å²) >= 11 is 0. The third kappa shape index (κ3) is 9.50. The Hall–Kier alpha value is -3.23. The van der Waals surface area contributed by atoms with E-state index < -0.39 is 34.9 Å². The van der Waals surface area contributed by atoms with Crippen LogP contribution in [0.3, 0.4) is 0 Å². The van der Waals surface area contributed by atoms with Crippen LogP contribution in [0.5, 0.6) is 0 Å². The number of benzene rings is 2. The van der Waals surface area contributed by atoms with Crippen molar-refractivity contribution >= 4 is 21.8 Å². The van der Waals surface area contributed by atoms with Gasteiger partial charge in [-0.3, -0.25) is 0 Å². The molecule has 0 saturated carbocycles. The van der Waals surface area contributed by atoms with E-state index in [4.69, 9.17) is 4.74 Å². The summed E-state index contributed by atoms with van der Waals surface area (Å²) in [5.74, 6) is 5.86. The largest absolute Gasteiger partial charge is 0.445 e. The van der Waals surface area contributed by atoms with Crippen LogP contribution in [0.25, 0.3) is 0 Å². The Bertz CT molecular complexity index is 1110. The third-order valence-electron chi connectivity index (χ3n) is 4.75. The van der Waals surface area contributed by atoms with Crippen molar-refractivity contribution in [2.45, 2.75) is 44.0 Å². The van der Waals surface area contributed by atoms with Crippen LogP contribution in [0, 0.1) is 11.8 Å². The number of nitrogens with one attached hydrogen (secondary N) is 2. The minimum absolute atomic E-state index is 0.119. The SMILES string of the molecule is CC#CC(CNC(=O)OCc1ccccc1)N(CCC)c1ccc(S(=O)(=O)NCC(F)(F)F)cc1. The average molecular weight is 512 g/mol. The Labute approximate surface area is 203 Å². The van der Waals surface area contributed by atoms with E-state index >= 15 is 0 Å². The number of carbonyl (C=O) groups is 1. The Morgan fingerprint density at radius 1 is 1.11 bits per heavy atom. The van der Waals surface area contributed by atoms with Gasteiger partial charge in [-0.25, -0.2) is 17.9 Å². The fraction of sp³-hybridized carbons (Fsp3) is 0.375. The first kappa shape index (κ1) is 28.0. The minimum Gasteiger partial charge on any atom is -0.445 e. The van der Waals surface area contributed by atoms with E-state index in [1.54, 1.807) is 6.92 Å². The first-order chi connectivity index (χ1) is 16.6. The van der Waals surface area contributed by atoms with Crippen molar-refractivity contribution < 1.29 is 31.1 Å². The molecule has 2 aromatic carbocycles. The number of alkyl carbamates (subject to hydrolysis) is 1.